The van der Waals surface area contributed by atoms with E-state index in [2.05, 4.69) is 4.98 Å². The standard InChI is InChI=1S/C11H18N4O2/c1-15(6-9(12)7-17-2)10-4-3-8(5-14-10)11(13)16/h3-5,9H,6-7,12H2,1-2H3,(H2,13,16). The van der Waals surface area contributed by atoms with Crippen molar-refractivity contribution in [3.8, 4) is 0 Å². The van der Waals surface area contributed by atoms with Crippen molar-refractivity contribution >= 4 is 11.7 Å². The first-order valence-corrected chi connectivity index (χ1v) is 5.26. The van der Waals surface area contributed by atoms with Crippen LogP contribution in [0.1, 0.15) is 10.4 Å². The van der Waals surface area contributed by atoms with Crippen LogP contribution in [0.15, 0.2) is 18.3 Å². The molecule has 6 heteroatoms. The van der Waals surface area contributed by atoms with E-state index in [4.69, 9.17) is 16.2 Å². The summed E-state index contributed by atoms with van der Waals surface area (Å²) >= 11 is 0. The van der Waals surface area contributed by atoms with E-state index >= 15 is 0 Å². The van der Waals surface area contributed by atoms with E-state index in [1.165, 1.54) is 6.20 Å². The molecule has 0 radical (unpaired) electrons. The lowest BCUT2D eigenvalue weighted by atomic mass is 10.2. The number of carbonyl (C=O) groups is 1. The first-order valence-electron chi connectivity index (χ1n) is 5.26. The molecule has 0 saturated heterocycles. The van der Waals surface area contributed by atoms with Crippen LogP contribution in [-0.2, 0) is 4.74 Å². The molecule has 1 heterocycles. The molecule has 1 unspecified atom stereocenters. The number of methoxy groups -OCH3 is 1. The molecule has 0 saturated carbocycles. The number of rotatable bonds is 6. The largest absolute Gasteiger partial charge is 0.383 e. The van der Waals surface area contributed by atoms with Gasteiger partial charge in [0.1, 0.15) is 5.82 Å². The van der Waals surface area contributed by atoms with Gasteiger partial charge in [-0.05, 0) is 12.1 Å². The number of anilines is 1. The van der Waals surface area contributed by atoms with Crippen LogP contribution in [0.25, 0.3) is 0 Å². The van der Waals surface area contributed by atoms with Crippen molar-refractivity contribution in [3.63, 3.8) is 0 Å². The lowest BCUT2D eigenvalue weighted by molar-refractivity contribution is 0.1000. The SMILES string of the molecule is COCC(N)CN(C)c1ccc(C(N)=O)cn1. The molecule has 0 fully saturated rings. The highest BCUT2D eigenvalue weighted by atomic mass is 16.5. The van der Waals surface area contributed by atoms with Crippen molar-refractivity contribution in [2.45, 2.75) is 6.04 Å². The average Bonchev–Trinajstić information content (AvgIpc) is 2.29. The summed E-state index contributed by atoms with van der Waals surface area (Å²) in [5.74, 6) is 0.254. The van der Waals surface area contributed by atoms with Gasteiger partial charge in [0.2, 0.25) is 5.91 Å². The molecule has 4 N–H and O–H groups in total. The zero-order chi connectivity index (χ0) is 12.8. The Morgan fingerprint density at radius 2 is 2.29 bits per heavy atom. The number of aromatic nitrogens is 1. The number of nitrogens with two attached hydrogens (primary N) is 2. The summed E-state index contributed by atoms with van der Waals surface area (Å²) in [5.41, 5.74) is 11.4. The van der Waals surface area contributed by atoms with Crippen molar-refractivity contribution in [2.24, 2.45) is 11.5 Å². The smallest absolute Gasteiger partial charge is 0.250 e. The van der Waals surface area contributed by atoms with E-state index in [1.807, 2.05) is 11.9 Å². The van der Waals surface area contributed by atoms with Gasteiger partial charge in [-0.1, -0.05) is 0 Å². The van der Waals surface area contributed by atoms with Crippen LogP contribution in [0.4, 0.5) is 5.82 Å². The van der Waals surface area contributed by atoms with Crippen LogP contribution in [0.5, 0.6) is 0 Å². The van der Waals surface area contributed by atoms with E-state index in [1.54, 1.807) is 19.2 Å². The molecule has 0 aliphatic rings. The van der Waals surface area contributed by atoms with Gasteiger partial charge in [-0.3, -0.25) is 4.79 Å². The Balaban J connectivity index is 2.63. The molecule has 94 valence electrons. The summed E-state index contributed by atoms with van der Waals surface area (Å²) in [6.07, 6.45) is 1.45. The van der Waals surface area contributed by atoms with Crippen molar-refractivity contribution in [3.05, 3.63) is 23.9 Å². The number of likely N-dealkylation sites (N-methyl/N-ethyl adjacent to an activating group) is 1. The molecule has 0 bridgehead atoms. The van der Waals surface area contributed by atoms with Gasteiger partial charge in [0.15, 0.2) is 0 Å². The number of carbonyl (C=O) groups excluding carboxylic acids is 1. The summed E-state index contributed by atoms with van der Waals surface area (Å²) in [5, 5.41) is 0. The second-order valence-corrected chi connectivity index (χ2v) is 3.87. The van der Waals surface area contributed by atoms with Crippen LogP contribution >= 0.6 is 0 Å². The molecule has 1 atom stereocenters. The van der Waals surface area contributed by atoms with Crippen molar-refractivity contribution in [1.82, 2.24) is 4.98 Å². The topological polar surface area (TPSA) is 94.5 Å². The van der Waals surface area contributed by atoms with E-state index in [-0.39, 0.29) is 6.04 Å². The molecule has 0 spiro atoms. The Bertz CT molecular complexity index is 366. The summed E-state index contributed by atoms with van der Waals surface area (Å²) in [7, 11) is 3.49. The monoisotopic (exact) mass is 238 g/mol. The van der Waals surface area contributed by atoms with Crippen LogP contribution in [-0.4, -0.2) is 44.2 Å². The van der Waals surface area contributed by atoms with Gasteiger partial charge in [-0.2, -0.15) is 0 Å². The first-order chi connectivity index (χ1) is 8.04. The zero-order valence-corrected chi connectivity index (χ0v) is 10.1. The fourth-order valence-corrected chi connectivity index (χ4v) is 1.47. The van der Waals surface area contributed by atoms with Gasteiger partial charge < -0.3 is 21.1 Å². The third kappa shape index (κ3) is 4.01. The van der Waals surface area contributed by atoms with Crippen molar-refractivity contribution in [1.29, 1.82) is 0 Å². The average molecular weight is 238 g/mol. The van der Waals surface area contributed by atoms with Gasteiger partial charge >= 0.3 is 0 Å². The molecule has 0 aliphatic carbocycles. The third-order valence-electron chi connectivity index (χ3n) is 2.31. The van der Waals surface area contributed by atoms with E-state index in [9.17, 15) is 4.79 Å². The Morgan fingerprint density at radius 1 is 1.59 bits per heavy atom. The maximum absolute atomic E-state index is 10.9. The predicted octanol–water partition coefficient (Wildman–Crippen LogP) is -0.410. The van der Waals surface area contributed by atoms with Crippen molar-refractivity contribution in [2.75, 3.05) is 32.2 Å². The molecular formula is C11H18N4O2. The Kier molecular flexibility index (Phi) is 4.86. The van der Waals surface area contributed by atoms with Gasteiger partial charge in [0.05, 0.1) is 12.2 Å². The molecule has 1 rings (SSSR count). The highest BCUT2D eigenvalue weighted by Crippen LogP contribution is 2.09. The summed E-state index contributed by atoms with van der Waals surface area (Å²) < 4.78 is 4.96. The normalized spacial score (nSPS) is 12.2. The van der Waals surface area contributed by atoms with Gasteiger partial charge in [0.25, 0.3) is 0 Å². The molecule has 0 aliphatic heterocycles. The summed E-state index contributed by atoms with van der Waals surface area (Å²) in [6.45, 7) is 1.11. The number of nitrogens with zero attached hydrogens (tertiary/aromatic N) is 2. The number of hydrogen-bond donors (Lipinski definition) is 2. The predicted molar refractivity (Wildman–Crippen MR) is 65.9 cm³/mol. The van der Waals surface area contributed by atoms with E-state index in [0.717, 1.165) is 5.82 Å². The van der Waals surface area contributed by atoms with Gasteiger partial charge in [-0.15, -0.1) is 0 Å². The Labute approximate surface area is 101 Å². The molecular weight excluding hydrogens is 220 g/mol. The first kappa shape index (κ1) is 13.4. The minimum Gasteiger partial charge on any atom is -0.383 e. The second-order valence-electron chi connectivity index (χ2n) is 3.87. The highest BCUT2D eigenvalue weighted by molar-refractivity contribution is 5.92. The van der Waals surface area contributed by atoms with E-state index < -0.39 is 5.91 Å². The van der Waals surface area contributed by atoms with Gasteiger partial charge in [-0.25, -0.2) is 4.98 Å². The Hall–Kier alpha value is -1.66. The molecule has 1 aromatic heterocycles. The molecule has 1 aromatic rings. The lowest BCUT2D eigenvalue weighted by Crippen LogP contribution is -2.38. The minimum atomic E-state index is -0.484. The maximum Gasteiger partial charge on any atom is 0.250 e. The van der Waals surface area contributed by atoms with Crippen LogP contribution < -0.4 is 16.4 Å². The molecule has 6 nitrogen and oxygen atoms in total. The number of amides is 1. The fraction of sp³-hybridized carbons (Fsp3) is 0.455. The number of pyridine rings is 1. The number of hydrogen-bond acceptors (Lipinski definition) is 5. The fourth-order valence-electron chi connectivity index (χ4n) is 1.47. The Morgan fingerprint density at radius 3 is 2.76 bits per heavy atom. The van der Waals surface area contributed by atoms with Crippen LogP contribution in [0, 0.1) is 0 Å². The molecule has 0 aromatic carbocycles. The summed E-state index contributed by atoms with van der Waals surface area (Å²) in [4.78, 5) is 16.9. The maximum atomic E-state index is 10.9. The zero-order valence-electron chi connectivity index (χ0n) is 10.1. The highest BCUT2D eigenvalue weighted by Gasteiger charge is 2.09. The second kappa shape index (κ2) is 6.17. The van der Waals surface area contributed by atoms with E-state index in [0.29, 0.717) is 18.7 Å². The minimum absolute atomic E-state index is 0.0809. The number of primary amides is 1. The quantitative estimate of drug-likeness (QED) is 0.702. The van der Waals surface area contributed by atoms with Crippen molar-refractivity contribution < 1.29 is 9.53 Å². The molecule has 17 heavy (non-hydrogen) atoms. The number of ether oxygens (including phenoxy) is 1. The van der Waals surface area contributed by atoms with Crippen LogP contribution in [0.3, 0.4) is 0 Å². The third-order valence-corrected chi connectivity index (χ3v) is 2.31. The molecule has 1 amide bonds. The summed E-state index contributed by atoms with van der Waals surface area (Å²) in [6, 6.07) is 3.30. The van der Waals surface area contributed by atoms with Crippen LogP contribution in [0.2, 0.25) is 0 Å². The lowest BCUT2D eigenvalue weighted by Gasteiger charge is -2.21. The van der Waals surface area contributed by atoms with Gasteiger partial charge in [0, 0.05) is 32.9 Å².